The molecule has 0 spiro atoms. The van der Waals surface area contributed by atoms with Crippen LogP contribution in [0.5, 0.6) is 5.75 Å². The molecule has 4 rings (SSSR count). The molecule has 0 fully saturated rings. The number of carbonyl (C=O) groups is 1. The molecule has 0 unspecified atom stereocenters. The Balaban J connectivity index is 1.43. The molecule has 6 heteroatoms. The number of amides is 1. The van der Waals surface area contributed by atoms with Crippen LogP contribution in [0, 0.1) is 0 Å². The van der Waals surface area contributed by atoms with Crippen LogP contribution in [0.4, 0.5) is 11.4 Å². The van der Waals surface area contributed by atoms with Crippen LogP contribution in [0.25, 0.3) is 0 Å². The molecule has 27 heavy (non-hydrogen) atoms. The van der Waals surface area contributed by atoms with Crippen molar-refractivity contribution in [3.05, 3.63) is 75.4 Å². The van der Waals surface area contributed by atoms with E-state index in [1.54, 1.807) is 24.3 Å². The minimum atomic E-state index is -0.198. The largest absolute Gasteiger partial charge is 0.484 e. The molecular formula is C21H19ClN2O2S. The lowest BCUT2D eigenvalue weighted by molar-refractivity contribution is -0.118. The van der Waals surface area contributed by atoms with Crippen LogP contribution in [-0.2, 0) is 17.8 Å². The molecule has 0 radical (unpaired) electrons. The van der Waals surface area contributed by atoms with Crippen LogP contribution in [-0.4, -0.2) is 19.1 Å². The molecule has 1 N–H and O–H groups in total. The van der Waals surface area contributed by atoms with Crippen molar-refractivity contribution in [3.8, 4) is 5.75 Å². The summed E-state index contributed by atoms with van der Waals surface area (Å²) in [6.07, 6.45) is 1.03. The average molecular weight is 399 g/mol. The number of fused-ring (bicyclic) bond motifs is 1. The normalized spacial score (nSPS) is 13.1. The van der Waals surface area contributed by atoms with Gasteiger partial charge in [-0.05, 0) is 53.8 Å². The summed E-state index contributed by atoms with van der Waals surface area (Å²) in [7, 11) is 0. The molecule has 0 bridgehead atoms. The summed E-state index contributed by atoms with van der Waals surface area (Å²) < 4.78 is 5.53. The number of carbonyl (C=O) groups excluding carboxylic acids is 1. The molecule has 1 aliphatic rings. The number of rotatable bonds is 5. The number of hydrogen-bond acceptors (Lipinski definition) is 4. The third-order valence-electron chi connectivity index (χ3n) is 4.49. The molecule has 2 aromatic carbocycles. The van der Waals surface area contributed by atoms with Gasteiger partial charge in [0, 0.05) is 23.0 Å². The van der Waals surface area contributed by atoms with Crippen LogP contribution in [0.1, 0.15) is 10.4 Å². The van der Waals surface area contributed by atoms with Crippen LogP contribution >= 0.6 is 22.9 Å². The summed E-state index contributed by atoms with van der Waals surface area (Å²) in [6, 6.07) is 17.1. The first-order valence-corrected chi connectivity index (χ1v) is 10.0. The third-order valence-corrected chi connectivity index (χ3v) is 5.75. The van der Waals surface area contributed by atoms with E-state index < -0.39 is 0 Å². The van der Waals surface area contributed by atoms with Gasteiger partial charge in [-0.25, -0.2) is 0 Å². The van der Waals surface area contributed by atoms with E-state index >= 15 is 0 Å². The highest BCUT2D eigenvalue weighted by molar-refractivity contribution is 7.10. The van der Waals surface area contributed by atoms with Gasteiger partial charge in [-0.1, -0.05) is 29.8 Å². The van der Waals surface area contributed by atoms with Crippen molar-refractivity contribution in [2.75, 3.05) is 23.4 Å². The second-order valence-electron chi connectivity index (χ2n) is 6.35. The molecule has 1 aliphatic heterocycles. The fraction of sp³-hybridized carbons (Fsp3) is 0.190. The van der Waals surface area contributed by atoms with Crippen molar-refractivity contribution in [2.24, 2.45) is 0 Å². The molecule has 0 saturated heterocycles. The average Bonchev–Trinajstić information content (AvgIpc) is 3.15. The Bertz CT molecular complexity index is 957. The fourth-order valence-corrected chi connectivity index (χ4v) is 4.27. The highest BCUT2D eigenvalue weighted by Gasteiger charge is 2.20. The standard InChI is InChI=1S/C21H19ClN2O2S/c22-16-4-3-5-17(12-16)26-14-21(25)23-18-6-1-2-7-19(18)24-10-8-20-15(13-24)9-11-27-20/h1-7,9,11-12H,8,10,13-14H2,(H,23,25). The minimum absolute atomic E-state index is 0.0661. The highest BCUT2D eigenvalue weighted by Crippen LogP contribution is 2.32. The van der Waals surface area contributed by atoms with Crippen LogP contribution in [0.3, 0.4) is 0 Å². The summed E-state index contributed by atoms with van der Waals surface area (Å²) >= 11 is 7.76. The van der Waals surface area contributed by atoms with Gasteiger partial charge < -0.3 is 15.0 Å². The van der Waals surface area contributed by atoms with Crippen molar-refractivity contribution >= 4 is 40.2 Å². The third kappa shape index (κ3) is 4.26. The second-order valence-corrected chi connectivity index (χ2v) is 7.79. The van der Waals surface area contributed by atoms with E-state index in [1.807, 2.05) is 35.6 Å². The topological polar surface area (TPSA) is 41.6 Å². The zero-order valence-electron chi connectivity index (χ0n) is 14.7. The molecule has 2 heterocycles. The lowest BCUT2D eigenvalue weighted by Gasteiger charge is -2.30. The number of benzene rings is 2. The Kier molecular flexibility index (Phi) is 5.32. The smallest absolute Gasteiger partial charge is 0.262 e. The summed E-state index contributed by atoms with van der Waals surface area (Å²) in [5.41, 5.74) is 3.21. The second kappa shape index (κ2) is 8.03. The molecule has 4 nitrogen and oxygen atoms in total. The van der Waals surface area contributed by atoms with Gasteiger partial charge in [0.15, 0.2) is 6.61 Å². The predicted octanol–water partition coefficient (Wildman–Crippen LogP) is 4.98. The van der Waals surface area contributed by atoms with Crippen molar-refractivity contribution in [1.29, 1.82) is 0 Å². The Morgan fingerprint density at radius 2 is 2.07 bits per heavy atom. The Morgan fingerprint density at radius 3 is 2.96 bits per heavy atom. The van der Waals surface area contributed by atoms with E-state index in [9.17, 15) is 4.79 Å². The van der Waals surface area contributed by atoms with E-state index in [4.69, 9.17) is 16.3 Å². The number of ether oxygens (including phenoxy) is 1. The lowest BCUT2D eigenvalue weighted by atomic mass is 10.1. The van der Waals surface area contributed by atoms with Gasteiger partial charge in [0.05, 0.1) is 11.4 Å². The number of thiophene rings is 1. The van der Waals surface area contributed by atoms with Crippen molar-refractivity contribution in [2.45, 2.75) is 13.0 Å². The first kappa shape index (κ1) is 17.9. The maximum atomic E-state index is 12.4. The molecule has 0 atom stereocenters. The maximum absolute atomic E-state index is 12.4. The molecule has 3 aromatic rings. The Hall–Kier alpha value is -2.50. The number of nitrogens with zero attached hydrogens (tertiary/aromatic N) is 1. The first-order chi connectivity index (χ1) is 13.2. The number of para-hydroxylation sites is 2. The van der Waals surface area contributed by atoms with Crippen molar-refractivity contribution in [3.63, 3.8) is 0 Å². The fourth-order valence-electron chi connectivity index (χ4n) is 3.20. The SMILES string of the molecule is O=C(COc1cccc(Cl)c1)Nc1ccccc1N1CCc2sccc2C1. The summed E-state index contributed by atoms with van der Waals surface area (Å²) in [6.45, 7) is 1.74. The number of halogens is 1. The molecule has 1 aromatic heterocycles. The van der Waals surface area contributed by atoms with E-state index in [0.717, 1.165) is 30.9 Å². The molecule has 1 amide bonds. The van der Waals surface area contributed by atoms with Gasteiger partial charge in [-0.3, -0.25) is 4.79 Å². The van der Waals surface area contributed by atoms with Gasteiger partial charge in [0.25, 0.3) is 5.91 Å². The molecule has 0 aliphatic carbocycles. The van der Waals surface area contributed by atoms with E-state index in [1.165, 1.54) is 10.4 Å². The van der Waals surface area contributed by atoms with Gasteiger partial charge in [0.2, 0.25) is 0 Å². The van der Waals surface area contributed by atoms with Gasteiger partial charge in [0.1, 0.15) is 5.75 Å². The van der Waals surface area contributed by atoms with Gasteiger partial charge in [-0.15, -0.1) is 11.3 Å². The number of anilines is 2. The number of hydrogen-bond donors (Lipinski definition) is 1. The van der Waals surface area contributed by atoms with Crippen LogP contribution in [0.2, 0.25) is 5.02 Å². The van der Waals surface area contributed by atoms with Crippen molar-refractivity contribution < 1.29 is 9.53 Å². The van der Waals surface area contributed by atoms with Gasteiger partial charge >= 0.3 is 0 Å². The quantitative estimate of drug-likeness (QED) is 0.658. The van der Waals surface area contributed by atoms with Gasteiger partial charge in [-0.2, -0.15) is 0 Å². The molecular weight excluding hydrogens is 380 g/mol. The van der Waals surface area contributed by atoms with Crippen LogP contribution < -0.4 is 15.0 Å². The first-order valence-electron chi connectivity index (χ1n) is 8.76. The summed E-state index contributed by atoms with van der Waals surface area (Å²) in [4.78, 5) is 16.1. The van der Waals surface area contributed by atoms with E-state index in [-0.39, 0.29) is 12.5 Å². The van der Waals surface area contributed by atoms with E-state index in [0.29, 0.717) is 10.8 Å². The molecule has 0 saturated carbocycles. The molecule has 138 valence electrons. The summed E-state index contributed by atoms with van der Waals surface area (Å²) in [5, 5.41) is 5.70. The zero-order chi connectivity index (χ0) is 18.6. The summed E-state index contributed by atoms with van der Waals surface area (Å²) in [5.74, 6) is 0.377. The van der Waals surface area contributed by atoms with E-state index in [2.05, 4.69) is 21.7 Å². The monoisotopic (exact) mass is 398 g/mol. The maximum Gasteiger partial charge on any atom is 0.262 e. The highest BCUT2D eigenvalue weighted by atomic mass is 35.5. The Morgan fingerprint density at radius 1 is 1.19 bits per heavy atom. The number of nitrogens with one attached hydrogen (secondary N) is 1. The lowest BCUT2D eigenvalue weighted by Crippen LogP contribution is -2.30. The predicted molar refractivity (Wildman–Crippen MR) is 111 cm³/mol. The Labute approximate surface area is 167 Å². The van der Waals surface area contributed by atoms with Crippen molar-refractivity contribution in [1.82, 2.24) is 0 Å². The van der Waals surface area contributed by atoms with Crippen LogP contribution in [0.15, 0.2) is 60.0 Å². The zero-order valence-corrected chi connectivity index (χ0v) is 16.2. The minimum Gasteiger partial charge on any atom is -0.484 e.